The largest absolute Gasteiger partial charge is 0.293 e. The second kappa shape index (κ2) is 5.17. The van der Waals surface area contributed by atoms with Gasteiger partial charge in [0, 0.05) is 11.8 Å². The van der Waals surface area contributed by atoms with Crippen LogP contribution in [0.25, 0.3) is 0 Å². The monoisotopic (exact) mass is 280 g/mol. The Hall–Kier alpha value is -1.90. The van der Waals surface area contributed by atoms with Gasteiger partial charge in [0.05, 0.1) is 12.9 Å². The highest BCUT2D eigenvalue weighted by atomic mass is 35.5. The summed E-state index contributed by atoms with van der Waals surface area (Å²) in [6.45, 7) is 0.166. The van der Waals surface area contributed by atoms with Gasteiger partial charge in [-0.3, -0.25) is 9.36 Å². The van der Waals surface area contributed by atoms with E-state index in [4.69, 9.17) is 28.5 Å². The SMILES string of the molecule is N#Cc1ncccc1Cn1cnc(Cl)c(Cl)c1=O. The lowest BCUT2D eigenvalue weighted by molar-refractivity contribution is 0.732. The fourth-order valence-electron chi connectivity index (χ4n) is 1.41. The predicted molar refractivity (Wildman–Crippen MR) is 66.6 cm³/mol. The third kappa shape index (κ3) is 2.35. The van der Waals surface area contributed by atoms with Crippen LogP contribution in [-0.2, 0) is 6.54 Å². The van der Waals surface area contributed by atoms with Crippen LogP contribution in [-0.4, -0.2) is 14.5 Å². The second-order valence-electron chi connectivity index (χ2n) is 3.41. The Morgan fingerprint density at radius 1 is 1.39 bits per heavy atom. The fraction of sp³-hybridized carbons (Fsp3) is 0.0909. The molecule has 0 unspecified atom stereocenters. The Morgan fingerprint density at radius 3 is 2.89 bits per heavy atom. The minimum Gasteiger partial charge on any atom is -0.293 e. The van der Waals surface area contributed by atoms with Gasteiger partial charge in [-0.25, -0.2) is 9.97 Å². The van der Waals surface area contributed by atoms with Crippen molar-refractivity contribution >= 4 is 23.2 Å². The van der Waals surface area contributed by atoms with E-state index in [1.54, 1.807) is 12.1 Å². The molecule has 0 spiro atoms. The second-order valence-corrected chi connectivity index (χ2v) is 4.14. The first kappa shape index (κ1) is 12.6. The van der Waals surface area contributed by atoms with Crippen LogP contribution in [0.3, 0.4) is 0 Å². The number of nitrogens with zero attached hydrogens (tertiary/aromatic N) is 4. The summed E-state index contributed by atoms with van der Waals surface area (Å²) >= 11 is 11.3. The molecule has 0 aliphatic carbocycles. The summed E-state index contributed by atoms with van der Waals surface area (Å²) in [6.07, 6.45) is 2.79. The molecule has 2 aromatic heterocycles. The summed E-state index contributed by atoms with van der Waals surface area (Å²) in [5.41, 5.74) is 0.419. The molecule has 0 aliphatic heterocycles. The van der Waals surface area contributed by atoms with Gasteiger partial charge < -0.3 is 0 Å². The van der Waals surface area contributed by atoms with Gasteiger partial charge in [-0.2, -0.15) is 5.26 Å². The van der Waals surface area contributed by atoms with E-state index in [9.17, 15) is 4.79 Å². The van der Waals surface area contributed by atoms with Gasteiger partial charge >= 0.3 is 0 Å². The standard InChI is InChI=1S/C11H6Cl2N4O/c12-9-10(13)16-6-17(11(9)18)5-7-2-1-3-15-8(7)4-14/h1-3,6H,5H2. The number of hydrogen-bond donors (Lipinski definition) is 0. The minimum atomic E-state index is -0.454. The van der Waals surface area contributed by atoms with Crippen molar-refractivity contribution in [3.05, 3.63) is 56.4 Å². The summed E-state index contributed by atoms with van der Waals surface area (Å²) in [7, 11) is 0. The molecule has 0 saturated carbocycles. The number of aromatic nitrogens is 3. The van der Waals surface area contributed by atoms with E-state index in [2.05, 4.69) is 9.97 Å². The molecule has 2 aromatic rings. The van der Waals surface area contributed by atoms with Gasteiger partial charge in [0.2, 0.25) is 0 Å². The van der Waals surface area contributed by atoms with Crippen LogP contribution in [0.2, 0.25) is 10.2 Å². The van der Waals surface area contributed by atoms with Gasteiger partial charge in [0.15, 0.2) is 5.15 Å². The number of nitriles is 1. The molecule has 0 amide bonds. The van der Waals surface area contributed by atoms with Crippen molar-refractivity contribution < 1.29 is 0 Å². The maximum absolute atomic E-state index is 11.8. The molecule has 2 rings (SSSR count). The predicted octanol–water partition coefficient (Wildman–Crippen LogP) is 1.87. The van der Waals surface area contributed by atoms with Crippen molar-refractivity contribution in [2.75, 3.05) is 0 Å². The summed E-state index contributed by atoms with van der Waals surface area (Å²) in [5, 5.41) is 8.73. The van der Waals surface area contributed by atoms with Gasteiger partial charge in [-0.05, 0) is 6.07 Å². The lowest BCUT2D eigenvalue weighted by Gasteiger charge is -2.06. The van der Waals surface area contributed by atoms with Crippen LogP contribution in [0.1, 0.15) is 11.3 Å². The molecule has 0 aromatic carbocycles. The van der Waals surface area contributed by atoms with Crippen LogP contribution in [0, 0.1) is 11.3 Å². The van der Waals surface area contributed by atoms with Crippen LogP contribution in [0.15, 0.2) is 29.5 Å². The average molecular weight is 281 g/mol. The van der Waals surface area contributed by atoms with E-state index in [0.717, 1.165) is 0 Å². The van der Waals surface area contributed by atoms with Crippen LogP contribution in [0.4, 0.5) is 0 Å². The molecular weight excluding hydrogens is 275 g/mol. The van der Waals surface area contributed by atoms with E-state index < -0.39 is 5.56 Å². The molecule has 90 valence electrons. The zero-order valence-corrected chi connectivity index (χ0v) is 10.5. The highest BCUT2D eigenvalue weighted by Gasteiger charge is 2.09. The smallest absolute Gasteiger partial charge is 0.273 e. The van der Waals surface area contributed by atoms with E-state index in [1.807, 2.05) is 6.07 Å². The third-order valence-electron chi connectivity index (χ3n) is 2.28. The van der Waals surface area contributed by atoms with Gasteiger partial charge in [0.25, 0.3) is 5.56 Å². The quantitative estimate of drug-likeness (QED) is 0.788. The van der Waals surface area contributed by atoms with Gasteiger partial charge in [-0.15, -0.1) is 0 Å². The van der Waals surface area contributed by atoms with E-state index in [0.29, 0.717) is 5.56 Å². The van der Waals surface area contributed by atoms with Crippen molar-refractivity contribution in [1.82, 2.24) is 14.5 Å². The third-order valence-corrected chi connectivity index (χ3v) is 3.00. The molecular formula is C11H6Cl2N4O. The van der Waals surface area contributed by atoms with E-state index in [1.165, 1.54) is 17.1 Å². The number of pyridine rings is 1. The Bertz CT molecular complexity index is 690. The summed E-state index contributed by atoms with van der Waals surface area (Å²) in [6, 6.07) is 5.35. The summed E-state index contributed by atoms with van der Waals surface area (Å²) in [4.78, 5) is 19.5. The number of halogens is 2. The summed E-state index contributed by atoms with van der Waals surface area (Å²) in [5.74, 6) is 0. The fourth-order valence-corrected chi connectivity index (χ4v) is 1.69. The zero-order chi connectivity index (χ0) is 13.1. The zero-order valence-electron chi connectivity index (χ0n) is 8.97. The van der Waals surface area contributed by atoms with Crippen molar-refractivity contribution in [2.45, 2.75) is 6.54 Å². The van der Waals surface area contributed by atoms with Crippen LogP contribution in [0.5, 0.6) is 0 Å². The molecule has 0 bridgehead atoms. The number of rotatable bonds is 2. The number of hydrogen-bond acceptors (Lipinski definition) is 4. The van der Waals surface area contributed by atoms with Crippen molar-refractivity contribution in [2.24, 2.45) is 0 Å². The molecule has 0 atom stereocenters. The first-order valence-corrected chi connectivity index (χ1v) is 5.63. The Balaban J connectivity index is 2.45. The molecule has 0 radical (unpaired) electrons. The molecule has 0 aliphatic rings. The first-order valence-electron chi connectivity index (χ1n) is 4.88. The molecule has 18 heavy (non-hydrogen) atoms. The molecule has 0 fully saturated rings. The lowest BCUT2D eigenvalue weighted by atomic mass is 10.2. The molecule has 5 nitrogen and oxygen atoms in total. The topological polar surface area (TPSA) is 71.6 Å². The molecule has 0 saturated heterocycles. The Labute approximate surface area is 112 Å². The highest BCUT2D eigenvalue weighted by Crippen LogP contribution is 2.13. The van der Waals surface area contributed by atoms with Crippen molar-refractivity contribution in [3.8, 4) is 6.07 Å². The first-order chi connectivity index (χ1) is 8.63. The van der Waals surface area contributed by atoms with Gasteiger partial charge in [-0.1, -0.05) is 29.3 Å². The van der Waals surface area contributed by atoms with Gasteiger partial charge in [0.1, 0.15) is 16.8 Å². The highest BCUT2D eigenvalue weighted by molar-refractivity contribution is 6.40. The minimum absolute atomic E-state index is 0.0374. The van der Waals surface area contributed by atoms with E-state index in [-0.39, 0.29) is 22.4 Å². The molecule has 2 heterocycles. The Kier molecular flexibility index (Phi) is 3.60. The maximum atomic E-state index is 11.8. The molecule has 7 heteroatoms. The van der Waals surface area contributed by atoms with Crippen LogP contribution >= 0.6 is 23.2 Å². The van der Waals surface area contributed by atoms with Crippen molar-refractivity contribution in [1.29, 1.82) is 5.26 Å². The summed E-state index contributed by atoms with van der Waals surface area (Å²) < 4.78 is 1.27. The maximum Gasteiger partial charge on any atom is 0.273 e. The van der Waals surface area contributed by atoms with Crippen molar-refractivity contribution in [3.63, 3.8) is 0 Å². The molecule has 0 N–H and O–H groups in total. The van der Waals surface area contributed by atoms with Crippen LogP contribution < -0.4 is 5.56 Å². The Morgan fingerprint density at radius 2 is 2.17 bits per heavy atom. The normalized spacial score (nSPS) is 10.1. The average Bonchev–Trinajstić information content (AvgIpc) is 2.40. The van der Waals surface area contributed by atoms with E-state index >= 15 is 0 Å². The lowest BCUT2D eigenvalue weighted by Crippen LogP contribution is -2.22.